The largest absolute Gasteiger partial charge is 0.487 e. The van der Waals surface area contributed by atoms with E-state index in [-0.39, 0.29) is 29.8 Å². The quantitative estimate of drug-likeness (QED) is 0.911. The summed E-state index contributed by atoms with van der Waals surface area (Å²) in [6, 6.07) is 10.8. The van der Waals surface area contributed by atoms with Crippen molar-refractivity contribution in [3.8, 4) is 5.75 Å². The van der Waals surface area contributed by atoms with Crippen LogP contribution in [0.3, 0.4) is 0 Å². The van der Waals surface area contributed by atoms with Crippen molar-refractivity contribution < 1.29 is 9.84 Å². The molecule has 0 radical (unpaired) electrons. The zero-order valence-corrected chi connectivity index (χ0v) is 13.6. The first-order valence-electron chi connectivity index (χ1n) is 8.95. The van der Waals surface area contributed by atoms with Gasteiger partial charge < -0.3 is 15.2 Å². The molecule has 2 heterocycles. The molecular formula is C19H23N3O2. The highest BCUT2D eigenvalue weighted by Gasteiger charge is 2.48. The first-order chi connectivity index (χ1) is 11.7. The number of hydrogen-bond donors (Lipinski definition) is 2. The first kappa shape index (κ1) is 14.5. The second kappa shape index (κ2) is 5.33. The molecule has 2 fully saturated rings. The van der Waals surface area contributed by atoms with E-state index in [1.807, 2.05) is 23.0 Å². The smallest absolute Gasteiger partial charge is 0.124 e. The van der Waals surface area contributed by atoms with Crippen LogP contribution >= 0.6 is 0 Å². The van der Waals surface area contributed by atoms with E-state index in [0.29, 0.717) is 0 Å². The lowest BCUT2D eigenvalue weighted by Gasteiger charge is -2.50. The minimum Gasteiger partial charge on any atom is -0.487 e. The number of aliphatic hydroxyl groups excluding tert-OH is 1. The molecular weight excluding hydrogens is 302 g/mol. The second-order valence-electron chi connectivity index (χ2n) is 7.49. The van der Waals surface area contributed by atoms with Crippen molar-refractivity contribution >= 4 is 0 Å². The van der Waals surface area contributed by atoms with Crippen molar-refractivity contribution in [1.29, 1.82) is 0 Å². The van der Waals surface area contributed by atoms with Crippen LogP contribution in [0.2, 0.25) is 0 Å². The van der Waals surface area contributed by atoms with Gasteiger partial charge in [0.1, 0.15) is 11.4 Å². The highest BCUT2D eigenvalue weighted by atomic mass is 16.5. The van der Waals surface area contributed by atoms with Gasteiger partial charge in [0.05, 0.1) is 12.1 Å². The zero-order valence-electron chi connectivity index (χ0n) is 13.6. The number of rotatable bonds is 3. The lowest BCUT2D eigenvalue weighted by molar-refractivity contribution is -0.0511. The van der Waals surface area contributed by atoms with Gasteiger partial charge in [0.25, 0.3) is 0 Å². The molecule has 4 atom stereocenters. The summed E-state index contributed by atoms with van der Waals surface area (Å²) in [5.74, 6) is 1.02. The molecule has 2 aliphatic carbocycles. The van der Waals surface area contributed by atoms with Crippen molar-refractivity contribution in [1.82, 2.24) is 15.1 Å². The van der Waals surface area contributed by atoms with Gasteiger partial charge in [-0.2, -0.15) is 5.10 Å². The highest BCUT2D eigenvalue weighted by Crippen LogP contribution is 2.49. The van der Waals surface area contributed by atoms with E-state index in [0.717, 1.165) is 31.4 Å². The summed E-state index contributed by atoms with van der Waals surface area (Å²) in [6.07, 6.45) is 8.73. The average Bonchev–Trinajstić information content (AvgIpc) is 3.06. The SMILES string of the molecule is O[C@@H]1C[C@H](NC2CC3(CCC3)Oc3ccccc32)[C@H]1n1cccn1. The minimum atomic E-state index is -0.324. The van der Waals surface area contributed by atoms with Crippen LogP contribution in [0, 0.1) is 0 Å². The van der Waals surface area contributed by atoms with E-state index in [4.69, 9.17) is 4.74 Å². The monoisotopic (exact) mass is 325 g/mol. The van der Waals surface area contributed by atoms with Crippen LogP contribution in [0.25, 0.3) is 0 Å². The number of nitrogens with zero attached hydrogens (tertiary/aromatic N) is 2. The molecule has 2 N–H and O–H groups in total. The Morgan fingerprint density at radius 3 is 2.83 bits per heavy atom. The Morgan fingerprint density at radius 2 is 2.12 bits per heavy atom. The number of benzene rings is 1. The number of para-hydroxylation sites is 1. The fourth-order valence-electron chi connectivity index (χ4n) is 4.50. The summed E-state index contributed by atoms with van der Waals surface area (Å²) in [5, 5.41) is 18.3. The Labute approximate surface area is 141 Å². The van der Waals surface area contributed by atoms with Gasteiger partial charge in [-0.3, -0.25) is 4.68 Å². The molecule has 5 rings (SSSR count). The van der Waals surface area contributed by atoms with Gasteiger partial charge in [-0.15, -0.1) is 0 Å². The average molecular weight is 325 g/mol. The van der Waals surface area contributed by atoms with E-state index in [1.165, 1.54) is 12.0 Å². The van der Waals surface area contributed by atoms with Crippen LogP contribution in [0.4, 0.5) is 0 Å². The van der Waals surface area contributed by atoms with Crippen molar-refractivity contribution in [3.63, 3.8) is 0 Å². The van der Waals surface area contributed by atoms with Gasteiger partial charge in [-0.05, 0) is 37.8 Å². The van der Waals surface area contributed by atoms with Crippen LogP contribution in [-0.2, 0) is 0 Å². The standard InChI is InChI=1S/C19H23N3O2/c23-16-11-14(18(16)22-10-4-9-20-22)21-15-12-19(7-3-8-19)24-17-6-2-1-5-13(15)17/h1-2,4-6,9-10,14-16,18,21,23H,3,7-8,11-12H2/t14-,15?,16+,18+/m0/s1. The summed E-state index contributed by atoms with van der Waals surface area (Å²) in [7, 11) is 0. The van der Waals surface area contributed by atoms with Crippen molar-refractivity contribution in [3.05, 3.63) is 48.3 Å². The molecule has 1 unspecified atom stereocenters. The Hall–Kier alpha value is -1.85. The molecule has 1 aliphatic heterocycles. The summed E-state index contributed by atoms with van der Waals surface area (Å²) >= 11 is 0. The predicted molar refractivity (Wildman–Crippen MR) is 89.8 cm³/mol. The molecule has 24 heavy (non-hydrogen) atoms. The number of aliphatic hydroxyl groups is 1. The number of aromatic nitrogens is 2. The molecule has 0 amide bonds. The molecule has 1 aromatic carbocycles. The molecule has 126 valence electrons. The third kappa shape index (κ3) is 2.19. The molecule has 5 nitrogen and oxygen atoms in total. The fourth-order valence-corrected chi connectivity index (χ4v) is 4.50. The van der Waals surface area contributed by atoms with Crippen LogP contribution in [0.15, 0.2) is 42.7 Å². The number of ether oxygens (including phenoxy) is 1. The maximum absolute atomic E-state index is 10.2. The Morgan fingerprint density at radius 1 is 1.25 bits per heavy atom. The van der Waals surface area contributed by atoms with Crippen LogP contribution in [-0.4, -0.2) is 32.6 Å². The number of nitrogens with one attached hydrogen (secondary N) is 1. The summed E-state index contributed by atoms with van der Waals surface area (Å²) in [6.45, 7) is 0. The van der Waals surface area contributed by atoms with Gasteiger partial charge in [-0.1, -0.05) is 18.2 Å². The molecule has 2 aromatic rings. The topological polar surface area (TPSA) is 59.3 Å². The molecule has 5 heteroatoms. The molecule has 0 bridgehead atoms. The molecule has 0 saturated heterocycles. The minimum absolute atomic E-state index is 0.0207. The lowest BCUT2D eigenvalue weighted by Crippen LogP contribution is -2.57. The van der Waals surface area contributed by atoms with Crippen molar-refractivity contribution in [2.45, 2.75) is 61.9 Å². The highest BCUT2D eigenvalue weighted by molar-refractivity contribution is 5.39. The molecule has 2 saturated carbocycles. The van der Waals surface area contributed by atoms with Gasteiger partial charge in [0.2, 0.25) is 0 Å². The number of hydrogen-bond acceptors (Lipinski definition) is 4. The third-order valence-corrected chi connectivity index (χ3v) is 6.01. The Balaban J connectivity index is 1.40. The molecule has 1 aromatic heterocycles. The van der Waals surface area contributed by atoms with Crippen molar-refractivity contribution in [2.24, 2.45) is 0 Å². The van der Waals surface area contributed by atoms with E-state index >= 15 is 0 Å². The van der Waals surface area contributed by atoms with Crippen LogP contribution < -0.4 is 10.1 Å². The maximum atomic E-state index is 10.2. The first-order valence-corrected chi connectivity index (χ1v) is 8.95. The summed E-state index contributed by atoms with van der Waals surface area (Å²) < 4.78 is 8.22. The van der Waals surface area contributed by atoms with Crippen LogP contribution in [0.1, 0.15) is 49.8 Å². The summed E-state index contributed by atoms with van der Waals surface area (Å²) in [4.78, 5) is 0. The zero-order chi connectivity index (χ0) is 16.1. The Bertz CT molecular complexity index is 726. The van der Waals surface area contributed by atoms with Gasteiger partial charge in [0, 0.05) is 36.5 Å². The second-order valence-corrected chi connectivity index (χ2v) is 7.49. The lowest BCUT2D eigenvalue weighted by atomic mass is 9.72. The number of fused-ring (bicyclic) bond motifs is 1. The van der Waals surface area contributed by atoms with Gasteiger partial charge in [-0.25, -0.2) is 0 Å². The van der Waals surface area contributed by atoms with Crippen molar-refractivity contribution in [2.75, 3.05) is 0 Å². The predicted octanol–water partition coefficient (Wildman–Crippen LogP) is 2.59. The fraction of sp³-hybridized carbons (Fsp3) is 0.526. The van der Waals surface area contributed by atoms with E-state index in [2.05, 4.69) is 28.6 Å². The summed E-state index contributed by atoms with van der Waals surface area (Å²) in [5.41, 5.74) is 1.27. The van der Waals surface area contributed by atoms with E-state index < -0.39 is 0 Å². The van der Waals surface area contributed by atoms with Gasteiger partial charge in [0.15, 0.2) is 0 Å². The van der Waals surface area contributed by atoms with E-state index in [9.17, 15) is 5.11 Å². The maximum Gasteiger partial charge on any atom is 0.124 e. The Kier molecular flexibility index (Phi) is 3.22. The molecule has 3 aliphatic rings. The van der Waals surface area contributed by atoms with E-state index in [1.54, 1.807) is 6.20 Å². The third-order valence-electron chi connectivity index (χ3n) is 6.01. The normalized spacial score (nSPS) is 33.2. The van der Waals surface area contributed by atoms with Gasteiger partial charge >= 0.3 is 0 Å². The molecule has 1 spiro atoms. The van der Waals surface area contributed by atoms with Crippen LogP contribution in [0.5, 0.6) is 5.75 Å².